The average molecular weight is 317 g/mol. The average Bonchev–Trinajstić information content (AvgIpc) is 3.19. The van der Waals surface area contributed by atoms with E-state index in [0.29, 0.717) is 36.1 Å². The Morgan fingerprint density at radius 1 is 1.04 bits per heavy atom. The summed E-state index contributed by atoms with van der Waals surface area (Å²) in [5.41, 5.74) is 23.8. The van der Waals surface area contributed by atoms with Crippen molar-refractivity contribution >= 4 is 23.0 Å². The molecule has 0 radical (unpaired) electrons. The van der Waals surface area contributed by atoms with E-state index in [1.165, 1.54) is 0 Å². The zero-order chi connectivity index (χ0) is 16.4. The molecule has 23 heavy (non-hydrogen) atoms. The Morgan fingerprint density at radius 3 is 2.52 bits per heavy atom. The van der Waals surface area contributed by atoms with Crippen LogP contribution in [0.5, 0.6) is 0 Å². The summed E-state index contributed by atoms with van der Waals surface area (Å²) in [5, 5.41) is 8.27. The topological polar surface area (TPSA) is 149 Å². The minimum atomic E-state index is 0.364. The van der Waals surface area contributed by atoms with Gasteiger partial charge in [0.1, 0.15) is 31.3 Å². The predicted molar refractivity (Wildman–Crippen MR) is 86.7 cm³/mol. The first-order valence-electron chi connectivity index (χ1n) is 7.23. The van der Waals surface area contributed by atoms with Crippen LogP contribution in [0.15, 0.2) is 31.1 Å². The fourth-order valence-corrected chi connectivity index (χ4v) is 2.29. The van der Waals surface area contributed by atoms with Gasteiger partial charge in [0.05, 0.1) is 36.9 Å². The van der Waals surface area contributed by atoms with E-state index in [0.717, 1.165) is 13.1 Å². The quantitative estimate of drug-likeness (QED) is 0.424. The summed E-state index contributed by atoms with van der Waals surface area (Å²) < 4.78 is 7.55. The molecule has 3 rings (SSSR count). The molecule has 0 atom stereocenters. The van der Waals surface area contributed by atoms with Crippen molar-refractivity contribution in [2.45, 2.75) is 26.2 Å². The third kappa shape index (κ3) is 3.20. The smallest absolute Gasteiger partial charge is 0.243 e. The SMILES string of the molecule is Nc1cn(CCn2cc[n+](CCn3ncc(N)c3N)c2)nc1N. The number of hydrogen-bond donors (Lipinski definition) is 4. The van der Waals surface area contributed by atoms with Crippen LogP contribution in [-0.2, 0) is 26.2 Å². The maximum Gasteiger partial charge on any atom is 0.243 e. The molecule has 0 aromatic carbocycles. The third-order valence-electron chi connectivity index (χ3n) is 3.63. The van der Waals surface area contributed by atoms with Crippen LogP contribution in [-0.4, -0.2) is 24.1 Å². The van der Waals surface area contributed by atoms with Gasteiger partial charge in [0.2, 0.25) is 6.33 Å². The van der Waals surface area contributed by atoms with Gasteiger partial charge in [-0.15, -0.1) is 0 Å². The van der Waals surface area contributed by atoms with Gasteiger partial charge in [0.15, 0.2) is 5.82 Å². The summed E-state index contributed by atoms with van der Waals surface area (Å²) in [6.45, 7) is 2.87. The fraction of sp³-hybridized carbons (Fsp3) is 0.308. The Balaban J connectivity index is 1.54. The Morgan fingerprint density at radius 2 is 1.87 bits per heavy atom. The van der Waals surface area contributed by atoms with Crippen LogP contribution in [0.4, 0.5) is 23.0 Å². The number of aromatic nitrogens is 6. The fourth-order valence-electron chi connectivity index (χ4n) is 2.29. The molecular formula is C13H21N10+. The van der Waals surface area contributed by atoms with Crippen molar-refractivity contribution in [2.75, 3.05) is 22.9 Å². The molecule has 3 heterocycles. The van der Waals surface area contributed by atoms with Gasteiger partial charge in [0.25, 0.3) is 0 Å². The standard InChI is InChI=1S/C13H21N10/c14-10-7-18-23(13(10)17)6-4-21-2-1-20(9-21)3-5-22-8-11(15)12(16)19-22/h1-2,7-9H,3-6,14-15,17H2,(H2,16,19)/q+1. The van der Waals surface area contributed by atoms with E-state index in [9.17, 15) is 0 Å². The number of rotatable bonds is 6. The second-order valence-electron chi connectivity index (χ2n) is 5.33. The van der Waals surface area contributed by atoms with E-state index in [1.807, 2.05) is 18.7 Å². The lowest BCUT2D eigenvalue weighted by Crippen LogP contribution is -2.34. The second kappa shape index (κ2) is 5.91. The molecule has 0 spiro atoms. The minimum Gasteiger partial charge on any atom is -0.394 e. The molecule has 122 valence electrons. The number of anilines is 4. The van der Waals surface area contributed by atoms with Gasteiger partial charge in [-0.2, -0.15) is 10.2 Å². The first kappa shape index (κ1) is 14.8. The van der Waals surface area contributed by atoms with E-state index >= 15 is 0 Å². The zero-order valence-corrected chi connectivity index (χ0v) is 12.7. The molecule has 8 N–H and O–H groups in total. The van der Waals surface area contributed by atoms with Crippen molar-refractivity contribution in [1.29, 1.82) is 0 Å². The van der Waals surface area contributed by atoms with E-state index in [1.54, 1.807) is 21.8 Å². The summed E-state index contributed by atoms with van der Waals surface area (Å²) in [7, 11) is 0. The van der Waals surface area contributed by atoms with Gasteiger partial charge < -0.3 is 22.9 Å². The Hall–Kier alpha value is -3.17. The monoisotopic (exact) mass is 317 g/mol. The first-order chi connectivity index (χ1) is 11.0. The highest BCUT2D eigenvalue weighted by molar-refractivity contribution is 5.57. The molecule has 0 saturated carbocycles. The molecule has 0 aliphatic heterocycles. The maximum absolute atomic E-state index is 5.83. The molecule has 0 saturated heterocycles. The van der Waals surface area contributed by atoms with E-state index in [2.05, 4.69) is 19.3 Å². The molecule has 3 aromatic heterocycles. The van der Waals surface area contributed by atoms with E-state index in [4.69, 9.17) is 22.9 Å². The van der Waals surface area contributed by atoms with E-state index < -0.39 is 0 Å². The molecule has 10 nitrogen and oxygen atoms in total. The number of nitrogens with zero attached hydrogens (tertiary/aromatic N) is 6. The minimum absolute atomic E-state index is 0.364. The number of nitrogens with two attached hydrogens (primary N) is 4. The summed E-state index contributed by atoms with van der Waals surface area (Å²) >= 11 is 0. The van der Waals surface area contributed by atoms with Crippen molar-refractivity contribution < 1.29 is 4.57 Å². The molecule has 0 aliphatic rings. The summed E-state index contributed by atoms with van der Waals surface area (Å²) in [6.07, 6.45) is 9.30. The van der Waals surface area contributed by atoms with Gasteiger partial charge in [0, 0.05) is 0 Å². The third-order valence-corrected chi connectivity index (χ3v) is 3.63. The Kier molecular flexibility index (Phi) is 3.79. The summed E-state index contributed by atoms with van der Waals surface area (Å²) in [5.74, 6) is 0.863. The van der Waals surface area contributed by atoms with Gasteiger partial charge in [-0.25, -0.2) is 13.8 Å². The molecule has 0 unspecified atom stereocenters. The lowest BCUT2D eigenvalue weighted by molar-refractivity contribution is -0.697. The number of hydrogen-bond acceptors (Lipinski definition) is 6. The van der Waals surface area contributed by atoms with Crippen LogP contribution in [0.3, 0.4) is 0 Å². The molecular weight excluding hydrogens is 296 g/mol. The Labute approximate surface area is 132 Å². The second-order valence-corrected chi connectivity index (χ2v) is 5.33. The number of aryl methyl sites for hydroxylation is 4. The van der Waals surface area contributed by atoms with Crippen LogP contribution in [0.2, 0.25) is 0 Å². The van der Waals surface area contributed by atoms with Crippen LogP contribution >= 0.6 is 0 Å². The Bertz CT molecular complexity index is 776. The van der Waals surface area contributed by atoms with Gasteiger partial charge in [-0.3, -0.25) is 4.68 Å². The van der Waals surface area contributed by atoms with Crippen molar-refractivity contribution in [3.63, 3.8) is 0 Å². The van der Waals surface area contributed by atoms with Crippen LogP contribution in [0, 0.1) is 0 Å². The first-order valence-corrected chi connectivity index (χ1v) is 7.23. The lowest BCUT2D eigenvalue weighted by Gasteiger charge is -2.02. The van der Waals surface area contributed by atoms with Crippen LogP contribution in [0.1, 0.15) is 0 Å². The van der Waals surface area contributed by atoms with Gasteiger partial charge in [-0.05, 0) is 0 Å². The maximum atomic E-state index is 5.83. The summed E-state index contributed by atoms with van der Waals surface area (Å²) in [4.78, 5) is 0. The van der Waals surface area contributed by atoms with Crippen molar-refractivity contribution in [3.05, 3.63) is 31.1 Å². The molecule has 0 fully saturated rings. The summed E-state index contributed by atoms with van der Waals surface area (Å²) in [6, 6.07) is 0. The van der Waals surface area contributed by atoms with Crippen LogP contribution < -0.4 is 27.5 Å². The highest BCUT2D eigenvalue weighted by Crippen LogP contribution is 2.12. The van der Waals surface area contributed by atoms with Crippen molar-refractivity contribution in [3.8, 4) is 0 Å². The molecule has 0 bridgehead atoms. The van der Waals surface area contributed by atoms with Crippen molar-refractivity contribution in [1.82, 2.24) is 24.1 Å². The predicted octanol–water partition coefficient (Wildman–Crippen LogP) is -1.10. The van der Waals surface area contributed by atoms with E-state index in [-0.39, 0.29) is 0 Å². The lowest BCUT2D eigenvalue weighted by atomic mass is 10.5. The molecule has 10 heteroatoms. The zero-order valence-electron chi connectivity index (χ0n) is 12.7. The largest absolute Gasteiger partial charge is 0.394 e. The normalized spacial score (nSPS) is 11.1. The van der Waals surface area contributed by atoms with Gasteiger partial charge >= 0.3 is 0 Å². The highest BCUT2D eigenvalue weighted by Gasteiger charge is 2.08. The molecule has 0 amide bonds. The number of nitrogen functional groups attached to an aromatic ring is 4. The van der Waals surface area contributed by atoms with Crippen LogP contribution in [0.25, 0.3) is 0 Å². The number of imidazole rings is 1. The van der Waals surface area contributed by atoms with Gasteiger partial charge in [-0.1, -0.05) is 0 Å². The highest BCUT2D eigenvalue weighted by atomic mass is 15.3. The van der Waals surface area contributed by atoms with Crippen molar-refractivity contribution in [2.24, 2.45) is 0 Å². The molecule has 0 aliphatic carbocycles. The molecule has 3 aromatic rings.